The molecular weight excluding hydrogens is 252 g/mol. The molecule has 1 amide bonds. The standard InChI is InChI=1S/C15H26N4O/c1-6-9-16-15(20)13(4)19(5)10-7-8-14-11(2)17-18-12(14)3/h6,13H,1,7-10H2,2-5H3,(H,16,20)(H,17,18). The molecule has 0 aromatic carbocycles. The van der Waals surface area contributed by atoms with Gasteiger partial charge in [0.2, 0.25) is 5.91 Å². The molecule has 2 N–H and O–H groups in total. The van der Waals surface area contributed by atoms with Crippen molar-refractivity contribution in [3.63, 3.8) is 0 Å². The summed E-state index contributed by atoms with van der Waals surface area (Å²) in [6, 6.07) is -0.124. The van der Waals surface area contributed by atoms with Gasteiger partial charge in [-0.15, -0.1) is 6.58 Å². The normalized spacial score (nSPS) is 12.4. The first-order chi connectivity index (χ1) is 9.47. The number of aryl methyl sites for hydroxylation is 2. The molecule has 0 fully saturated rings. The second-order valence-electron chi connectivity index (χ2n) is 5.21. The Kier molecular flexibility index (Phi) is 6.45. The Hall–Kier alpha value is -1.62. The lowest BCUT2D eigenvalue weighted by atomic mass is 10.1. The van der Waals surface area contributed by atoms with Crippen LogP contribution in [0.4, 0.5) is 0 Å². The minimum absolute atomic E-state index is 0.0445. The Morgan fingerprint density at radius 3 is 2.80 bits per heavy atom. The summed E-state index contributed by atoms with van der Waals surface area (Å²) in [5.41, 5.74) is 3.51. The zero-order valence-electron chi connectivity index (χ0n) is 13.0. The fraction of sp³-hybridized carbons (Fsp3) is 0.600. The van der Waals surface area contributed by atoms with Crippen molar-refractivity contribution in [1.82, 2.24) is 20.4 Å². The fourth-order valence-corrected chi connectivity index (χ4v) is 2.16. The summed E-state index contributed by atoms with van der Waals surface area (Å²) in [7, 11) is 1.98. The predicted octanol–water partition coefficient (Wildman–Crippen LogP) is 1.58. The molecule has 0 aliphatic carbocycles. The lowest BCUT2D eigenvalue weighted by Crippen LogP contribution is -2.43. The number of hydrogen-bond acceptors (Lipinski definition) is 3. The molecule has 0 saturated carbocycles. The van der Waals surface area contributed by atoms with Crippen molar-refractivity contribution in [3.8, 4) is 0 Å². The number of aromatic nitrogens is 2. The van der Waals surface area contributed by atoms with Crippen molar-refractivity contribution in [3.05, 3.63) is 29.6 Å². The van der Waals surface area contributed by atoms with E-state index < -0.39 is 0 Å². The molecule has 20 heavy (non-hydrogen) atoms. The summed E-state index contributed by atoms with van der Waals surface area (Å²) in [6.07, 6.45) is 3.69. The number of hydrogen-bond donors (Lipinski definition) is 2. The van der Waals surface area contributed by atoms with Gasteiger partial charge in [-0.3, -0.25) is 14.8 Å². The molecule has 0 aliphatic rings. The maximum atomic E-state index is 11.8. The number of carbonyl (C=O) groups is 1. The van der Waals surface area contributed by atoms with Gasteiger partial charge in [0, 0.05) is 12.2 Å². The molecule has 1 unspecified atom stereocenters. The predicted molar refractivity (Wildman–Crippen MR) is 81.7 cm³/mol. The Morgan fingerprint density at radius 2 is 2.25 bits per heavy atom. The molecule has 0 aliphatic heterocycles. The lowest BCUT2D eigenvalue weighted by molar-refractivity contribution is -0.125. The topological polar surface area (TPSA) is 61.0 Å². The number of nitrogens with zero attached hydrogens (tertiary/aromatic N) is 2. The average molecular weight is 278 g/mol. The highest BCUT2D eigenvalue weighted by Crippen LogP contribution is 2.12. The van der Waals surface area contributed by atoms with Crippen molar-refractivity contribution >= 4 is 5.91 Å². The van der Waals surface area contributed by atoms with E-state index in [1.807, 2.05) is 27.8 Å². The molecule has 1 atom stereocenters. The number of rotatable bonds is 8. The Labute approximate surface area is 121 Å². The zero-order valence-corrected chi connectivity index (χ0v) is 13.0. The van der Waals surface area contributed by atoms with Crippen LogP contribution in [0, 0.1) is 13.8 Å². The fourth-order valence-electron chi connectivity index (χ4n) is 2.16. The Morgan fingerprint density at radius 1 is 1.55 bits per heavy atom. The van der Waals surface area contributed by atoms with Gasteiger partial charge in [-0.05, 0) is 52.8 Å². The molecule has 0 saturated heterocycles. The number of H-pyrrole nitrogens is 1. The van der Waals surface area contributed by atoms with E-state index in [1.54, 1.807) is 6.08 Å². The number of aromatic amines is 1. The van der Waals surface area contributed by atoms with E-state index in [1.165, 1.54) is 5.56 Å². The van der Waals surface area contributed by atoms with E-state index in [0.29, 0.717) is 6.54 Å². The molecule has 1 heterocycles. The van der Waals surface area contributed by atoms with Crippen molar-refractivity contribution in [2.45, 2.75) is 39.7 Å². The molecule has 0 spiro atoms. The summed E-state index contributed by atoms with van der Waals surface area (Å²) in [6.45, 7) is 11.0. The number of carbonyl (C=O) groups excluding carboxylic acids is 1. The van der Waals surface area contributed by atoms with Crippen molar-refractivity contribution in [2.24, 2.45) is 0 Å². The van der Waals surface area contributed by atoms with Crippen LogP contribution in [0.2, 0.25) is 0 Å². The maximum Gasteiger partial charge on any atom is 0.237 e. The number of amides is 1. The smallest absolute Gasteiger partial charge is 0.237 e. The van der Waals surface area contributed by atoms with E-state index in [4.69, 9.17) is 0 Å². The molecule has 1 aromatic rings. The first-order valence-electron chi connectivity index (χ1n) is 7.06. The van der Waals surface area contributed by atoms with Crippen LogP contribution < -0.4 is 5.32 Å². The summed E-state index contributed by atoms with van der Waals surface area (Å²) in [5.74, 6) is 0.0445. The highest BCUT2D eigenvalue weighted by atomic mass is 16.2. The van der Waals surface area contributed by atoms with Crippen molar-refractivity contribution in [2.75, 3.05) is 20.1 Å². The zero-order chi connectivity index (χ0) is 15.1. The first-order valence-corrected chi connectivity index (χ1v) is 7.06. The third-order valence-electron chi connectivity index (χ3n) is 3.68. The van der Waals surface area contributed by atoms with E-state index in [9.17, 15) is 4.79 Å². The van der Waals surface area contributed by atoms with E-state index >= 15 is 0 Å². The third kappa shape index (κ3) is 4.49. The van der Waals surface area contributed by atoms with E-state index in [-0.39, 0.29) is 11.9 Å². The van der Waals surface area contributed by atoms with Gasteiger partial charge < -0.3 is 5.32 Å². The molecular formula is C15H26N4O. The second-order valence-corrected chi connectivity index (χ2v) is 5.21. The van der Waals surface area contributed by atoms with Gasteiger partial charge in [0.15, 0.2) is 0 Å². The van der Waals surface area contributed by atoms with Crippen LogP contribution in [0.1, 0.15) is 30.3 Å². The summed E-state index contributed by atoms with van der Waals surface area (Å²) in [4.78, 5) is 13.9. The van der Waals surface area contributed by atoms with E-state index in [0.717, 1.165) is 30.8 Å². The lowest BCUT2D eigenvalue weighted by Gasteiger charge is -2.23. The summed E-state index contributed by atoms with van der Waals surface area (Å²) in [5, 5.41) is 10.0. The second kappa shape index (κ2) is 7.85. The van der Waals surface area contributed by atoms with Gasteiger partial charge in [0.25, 0.3) is 0 Å². The SMILES string of the molecule is C=CCNC(=O)C(C)N(C)CCCc1c(C)n[nH]c1C. The van der Waals surface area contributed by atoms with Gasteiger partial charge in [0.1, 0.15) is 0 Å². The first kappa shape index (κ1) is 16.4. The summed E-state index contributed by atoms with van der Waals surface area (Å²) >= 11 is 0. The van der Waals surface area contributed by atoms with Crippen LogP contribution in [-0.2, 0) is 11.2 Å². The van der Waals surface area contributed by atoms with Crippen LogP contribution in [0.3, 0.4) is 0 Å². The Balaban J connectivity index is 2.37. The molecule has 0 radical (unpaired) electrons. The molecule has 1 aromatic heterocycles. The van der Waals surface area contributed by atoms with Gasteiger partial charge in [-0.1, -0.05) is 6.08 Å². The molecule has 0 bridgehead atoms. The molecule has 112 valence electrons. The van der Waals surface area contributed by atoms with Crippen LogP contribution in [0.15, 0.2) is 12.7 Å². The largest absolute Gasteiger partial charge is 0.351 e. The number of nitrogens with one attached hydrogen (secondary N) is 2. The van der Waals surface area contributed by atoms with Crippen LogP contribution in [-0.4, -0.2) is 47.2 Å². The van der Waals surface area contributed by atoms with Gasteiger partial charge in [0.05, 0.1) is 11.7 Å². The van der Waals surface area contributed by atoms with Gasteiger partial charge >= 0.3 is 0 Å². The van der Waals surface area contributed by atoms with Crippen LogP contribution >= 0.6 is 0 Å². The number of likely N-dealkylation sites (N-methyl/N-ethyl adjacent to an activating group) is 1. The molecule has 5 heteroatoms. The Bertz CT molecular complexity index is 433. The minimum Gasteiger partial charge on any atom is -0.351 e. The monoisotopic (exact) mass is 278 g/mol. The van der Waals surface area contributed by atoms with Crippen molar-refractivity contribution in [1.29, 1.82) is 0 Å². The van der Waals surface area contributed by atoms with Crippen LogP contribution in [0.25, 0.3) is 0 Å². The average Bonchev–Trinajstić information content (AvgIpc) is 2.75. The van der Waals surface area contributed by atoms with Crippen LogP contribution in [0.5, 0.6) is 0 Å². The third-order valence-corrected chi connectivity index (χ3v) is 3.68. The maximum absolute atomic E-state index is 11.8. The summed E-state index contributed by atoms with van der Waals surface area (Å²) < 4.78 is 0. The minimum atomic E-state index is -0.124. The van der Waals surface area contributed by atoms with E-state index in [2.05, 4.69) is 27.0 Å². The highest BCUT2D eigenvalue weighted by molar-refractivity contribution is 5.81. The van der Waals surface area contributed by atoms with Gasteiger partial charge in [-0.2, -0.15) is 5.10 Å². The molecule has 1 rings (SSSR count). The quantitative estimate of drug-likeness (QED) is 0.710. The highest BCUT2D eigenvalue weighted by Gasteiger charge is 2.17. The van der Waals surface area contributed by atoms with Crippen molar-refractivity contribution < 1.29 is 4.79 Å². The molecule has 5 nitrogen and oxygen atoms in total. The van der Waals surface area contributed by atoms with Gasteiger partial charge in [-0.25, -0.2) is 0 Å².